The van der Waals surface area contributed by atoms with Gasteiger partial charge in [-0.2, -0.15) is 0 Å². The second kappa shape index (κ2) is 10.8. The summed E-state index contributed by atoms with van der Waals surface area (Å²) in [5.74, 6) is 0.621. The number of hydrogen-bond donors (Lipinski definition) is 1. The highest BCUT2D eigenvalue weighted by Crippen LogP contribution is 2.39. The van der Waals surface area contributed by atoms with Crippen LogP contribution >= 0.6 is 0 Å². The molecule has 2 aromatic rings. The summed E-state index contributed by atoms with van der Waals surface area (Å²) in [4.78, 5) is 27.9. The number of nitrogens with zero attached hydrogens (tertiary/aromatic N) is 1. The zero-order valence-electron chi connectivity index (χ0n) is 18.3. The van der Waals surface area contributed by atoms with Gasteiger partial charge < -0.3 is 24.4 Å². The summed E-state index contributed by atoms with van der Waals surface area (Å²) in [7, 11) is 4.83. The van der Waals surface area contributed by atoms with E-state index in [0.29, 0.717) is 43.3 Å². The number of nitrogens with one attached hydrogen (secondary N) is 1. The van der Waals surface area contributed by atoms with Crippen molar-refractivity contribution in [3.8, 4) is 11.5 Å². The summed E-state index contributed by atoms with van der Waals surface area (Å²) in [6, 6.07) is 14.7. The summed E-state index contributed by atoms with van der Waals surface area (Å²) < 4.78 is 16.0. The third kappa shape index (κ3) is 5.35. The van der Waals surface area contributed by atoms with E-state index in [4.69, 9.17) is 14.2 Å². The minimum atomic E-state index is -0.377. The van der Waals surface area contributed by atoms with Crippen LogP contribution < -0.4 is 14.8 Å². The molecule has 0 aliphatic carbocycles. The predicted molar refractivity (Wildman–Crippen MR) is 118 cm³/mol. The SMILES string of the molecule is COCCCNC(=O)[C@@H]1CN(C(=O)c2ccccc2)C[C@@H]1c1ccc(OC)cc1OC. The van der Waals surface area contributed by atoms with Crippen LogP contribution in [0, 0.1) is 5.92 Å². The molecule has 2 atom stereocenters. The summed E-state index contributed by atoms with van der Waals surface area (Å²) in [6.07, 6.45) is 0.734. The number of ether oxygens (including phenoxy) is 3. The number of amides is 2. The van der Waals surface area contributed by atoms with Crippen molar-refractivity contribution >= 4 is 11.8 Å². The first-order chi connectivity index (χ1) is 15.1. The molecule has 2 aromatic carbocycles. The average molecular weight is 427 g/mol. The first-order valence-corrected chi connectivity index (χ1v) is 10.4. The van der Waals surface area contributed by atoms with Gasteiger partial charge in [0.05, 0.1) is 20.1 Å². The predicted octanol–water partition coefficient (Wildman–Crippen LogP) is 2.71. The fourth-order valence-electron chi connectivity index (χ4n) is 4.00. The fraction of sp³-hybridized carbons (Fsp3) is 0.417. The van der Waals surface area contributed by atoms with Gasteiger partial charge in [-0.1, -0.05) is 24.3 Å². The molecule has 31 heavy (non-hydrogen) atoms. The normalized spacial score (nSPS) is 18.0. The molecule has 1 saturated heterocycles. The molecule has 0 saturated carbocycles. The lowest BCUT2D eigenvalue weighted by molar-refractivity contribution is -0.124. The molecule has 3 rings (SSSR count). The molecule has 1 aliphatic heterocycles. The number of carbonyl (C=O) groups is 2. The van der Waals surface area contributed by atoms with Gasteiger partial charge in [0, 0.05) is 56.5 Å². The topological polar surface area (TPSA) is 77.1 Å². The van der Waals surface area contributed by atoms with Crippen molar-refractivity contribution in [3.63, 3.8) is 0 Å². The quantitative estimate of drug-likeness (QED) is 0.624. The monoisotopic (exact) mass is 426 g/mol. The standard InChI is InChI=1S/C24H30N2O5/c1-29-13-7-12-25-23(27)21-16-26(24(28)17-8-5-4-6-9-17)15-20(21)19-11-10-18(30-2)14-22(19)31-3/h4-6,8-11,14,20-21H,7,12-13,15-16H2,1-3H3,(H,25,27)/t20-,21-/m1/s1. The van der Waals surface area contributed by atoms with Gasteiger partial charge in [-0.15, -0.1) is 0 Å². The summed E-state index contributed by atoms with van der Waals surface area (Å²) in [5, 5.41) is 3.00. The first kappa shape index (κ1) is 22.6. The lowest BCUT2D eigenvalue weighted by Gasteiger charge is -2.21. The Labute approximate surface area is 183 Å². The van der Waals surface area contributed by atoms with Gasteiger partial charge in [0.1, 0.15) is 11.5 Å². The second-order valence-corrected chi connectivity index (χ2v) is 7.53. The van der Waals surface area contributed by atoms with Crippen LogP contribution in [0.4, 0.5) is 0 Å². The van der Waals surface area contributed by atoms with E-state index in [1.165, 1.54) is 0 Å². The van der Waals surface area contributed by atoms with Crippen molar-refractivity contribution in [1.82, 2.24) is 10.2 Å². The summed E-state index contributed by atoms with van der Waals surface area (Å²) in [6.45, 7) is 1.90. The van der Waals surface area contributed by atoms with Crippen molar-refractivity contribution in [2.24, 2.45) is 5.92 Å². The molecule has 7 heteroatoms. The largest absolute Gasteiger partial charge is 0.497 e. The van der Waals surface area contributed by atoms with E-state index in [1.54, 1.807) is 38.4 Å². The number of likely N-dealkylation sites (tertiary alicyclic amines) is 1. The lowest BCUT2D eigenvalue weighted by Crippen LogP contribution is -2.36. The number of hydrogen-bond acceptors (Lipinski definition) is 5. The van der Waals surface area contributed by atoms with Crippen molar-refractivity contribution < 1.29 is 23.8 Å². The molecule has 2 amide bonds. The molecule has 1 aliphatic rings. The molecule has 1 fully saturated rings. The molecule has 0 aromatic heterocycles. The molecule has 166 valence electrons. The zero-order chi connectivity index (χ0) is 22.2. The molecule has 0 bridgehead atoms. The van der Waals surface area contributed by atoms with Crippen LogP contribution in [0.15, 0.2) is 48.5 Å². The van der Waals surface area contributed by atoms with Crippen LogP contribution in [-0.2, 0) is 9.53 Å². The fourth-order valence-corrected chi connectivity index (χ4v) is 4.00. The highest BCUT2D eigenvalue weighted by molar-refractivity contribution is 5.95. The van der Waals surface area contributed by atoms with Crippen molar-refractivity contribution in [1.29, 1.82) is 0 Å². The third-order valence-corrected chi connectivity index (χ3v) is 5.63. The third-order valence-electron chi connectivity index (χ3n) is 5.63. The molecular formula is C24H30N2O5. The Morgan fingerprint density at radius 2 is 1.81 bits per heavy atom. The second-order valence-electron chi connectivity index (χ2n) is 7.53. The van der Waals surface area contributed by atoms with E-state index in [-0.39, 0.29) is 23.7 Å². The maximum Gasteiger partial charge on any atom is 0.253 e. The Bertz CT molecular complexity index is 887. The van der Waals surface area contributed by atoms with Crippen LogP contribution in [0.3, 0.4) is 0 Å². The Balaban J connectivity index is 1.86. The Hall–Kier alpha value is -3.06. The van der Waals surface area contributed by atoms with Gasteiger partial charge in [-0.25, -0.2) is 0 Å². The van der Waals surface area contributed by atoms with Crippen LogP contribution in [-0.4, -0.2) is 64.3 Å². The molecule has 0 unspecified atom stereocenters. The minimum absolute atomic E-state index is 0.0673. The Kier molecular flexibility index (Phi) is 7.89. The zero-order valence-corrected chi connectivity index (χ0v) is 18.3. The average Bonchev–Trinajstić information content (AvgIpc) is 3.26. The molecular weight excluding hydrogens is 396 g/mol. The van der Waals surface area contributed by atoms with E-state index >= 15 is 0 Å². The van der Waals surface area contributed by atoms with E-state index in [2.05, 4.69) is 5.32 Å². The number of carbonyl (C=O) groups excluding carboxylic acids is 2. The van der Waals surface area contributed by atoms with Crippen LogP contribution in [0.25, 0.3) is 0 Å². The van der Waals surface area contributed by atoms with Crippen molar-refractivity contribution in [2.45, 2.75) is 12.3 Å². The highest BCUT2D eigenvalue weighted by Gasteiger charge is 2.41. The van der Waals surface area contributed by atoms with E-state index in [1.807, 2.05) is 36.4 Å². The van der Waals surface area contributed by atoms with E-state index in [0.717, 1.165) is 12.0 Å². The highest BCUT2D eigenvalue weighted by atomic mass is 16.5. The smallest absolute Gasteiger partial charge is 0.253 e. The maximum absolute atomic E-state index is 13.1. The number of rotatable bonds is 9. The van der Waals surface area contributed by atoms with Gasteiger partial charge in [-0.05, 0) is 24.6 Å². The van der Waals surface area contributed by atoms with Crippen LogP contribution in [0.2, 0.25) is 0 Å². The molecule has 1 heterocycles. The molecule has 0 radical (unpaired) electrons. The lowest BCUT2D eigenvalue weighted by atomic mass is 9.87. The van der Waals surface area contributed by atoms with Crippen LogP contribution in [0.5, 0.6) is 11.5 Å². The van der Waals surface area contributed by atoms with E-state index in [9.17, 15) is 9.59 Å². The van der Waals surface area contributed by atoms with Crippen molar-refractivity contribution in [3.05, 3.63) is 59.7 Å². The molecule has 1 N–H and O–H groups in total. The first-order valence-electron chi connectivity index (χ1n) is 10.4. The Morgan fingerprint density at radius 3 is 2.48 bits per heavy atom. The number of benzene rings is 2. The minimum Gasteiger partial charge on any atom is -0.497 e. The molecule has 7 nitrogen and oxygen atoms in total. The van der Waals surface area contributed by atoms with Gasteiger partial charge in [0.15, 0.2) is 0 Å². The van der Waals surface area contributed by atoms with Crippen LogP contribution in [0.1, 0.15) is 28.3 Å². The summed E-state index contributed by atoms with van der Waals surface area (Å²) in [5.41, 5.74) is 1.51. The maximum atomic E-state index is 13.1. The number of methoxy groups -OCH3 is 3. The van der Waals surface area contributed by atoms with E-state index < -0.39 is 0 Å². The van der Waals surface area contributed by atoms with Gasteiger partial charge >= 0.3 is 0 Å². The van der Waals surface area contributed by atoms with Crippen molar-refractivity contribution in [2.75, 3.05) is 47.6 Å². The Morgan fingerprint density at radius 1 is 1.03 bits per heavy atom. The summed E-state index contributed by atoms with van der Waals surface area (Å²) >= 11 is 0. The van der Waals surface area contributed by atoms with Gasteiger partial charge in [-0.3, -0.25) is 9.59 Å². The molecule has 0 spiro atoms. The van der Waals surface area contributed by atoms with Gasteiger partial charge in [0.2, 0.25) is 5.91 Å². The van der Waals surface area contributed by atoms with Gasteiger partial charge in [0.25, 0.3) is 5.91 Å².